The Balaban J connectivity index is 1.65. The lowest BCUT2D eigenvalue weighted by Crippen LogP contribution is -2.34. The van der Waals surface area contributed by atoms with Crippen molar-refractivity contribution in [3.8, 4) is 5.75 Å². The molecule has 5 heteroatoms. The molecular weight excluding hydrogens is 302 g/mol. The molecule has 0 atom stereocenters. The van der Waals surface area contributed by atoms with Crippen LogP contribution in [0.3, 0.4) is 0 Å². The molecule has 1 saturated carbocycles. The molecule has 1 fully saturated rings. The van der Waals surface area contributed by atoms with Crippen LogP contribution >= 0.6 is 0 Å². The number of rotatable bonds is 5. The van der Waals surface area contributed by atoms with Crippen LogP contribution in [0.5, 0.6) is 5.75 Å². The van der Waals surface area contributed by atoms with Gasteiger partial charge in [-0.3, -0.25) is 9.89 Å². The third-order valence-corrected chi connectivity index (χ3v) is 4.67. The van der Waals surface area contributed by atoms with Crippen molar-refractivity contribution in [3.05, 3.63) is 47.3 Å². The molecule has 1 aliphatic rings. The Hall–Kier alpha value is -2.30. The second-order valence-electron chi connectivity index (χ2n) is 7.52. The molecule has 0 spiro atoms. The van der Waals surface area contributed by atoms with Gasteiger partial charge in [-0.05, 0) is 36.6 Å². The highest BCUT2D eigenvalue weighted by molar-refractivity contribution is 5.91. The number of methoxy groups -OCH3 is 1. The highest BCUT2D eigenvalue weighted by atomic mass is 16.5. The normalized spacial score (nSPS) is 15.8. The summed E-state index contributed by atoms with van der Waals surface area (Å²) in [4.78, 5) is 12.7. The van der Waals surface area contributed by atoms with Gasteiger partial charge in [-0.2, -0.15) is 5.10 Å². The topological polar surface area (TPSA) is 67.0 Å². The van der Waals surface area contributed by atoms with Gasteiger partial charge in [0.25, 0.3) is 0 Å². The van der Waals surface area contributed by atoms with Gasteiger partial charge in [0.05, 0.1) is 30.5 Å². The number of H-pyrrole nitrogens is 1. The molecule has 0 saturated heterocycles. The van der Waals surface area contributed by atoms with Crippen LogP contribution in [0, 0.1) is 0 Å². The monoisotopic (exact) mass is 327 g/mol. The average molecular weight is 327 g/mol. The van der Waals surface area contributed by atoms with E-state index in [2.05, 4.69) is 36.3 Å². The van der Waals surface area contributed by atoms with Gasteiger partial charge < -0.3 is 10.1 Å². The van der Waals surface area contributed by atoms with Gasteiger partial charge in [0, 0.05) is 5.41 Å². The molecule has 2 aromatic rings. The van der Waals surface area contributed by atoms with E-state index in [1.165, 1.54) is 0 Å². The largest absolute Gasteiger partial charge is 0.497 e. The maximum Gasteiger partial charge on any atom is 0.230 e. The molecule has 2 N–H and O–H groups in total. The molecule has 1 aromatic heterocycles. The minimum Gasteiger partial charge on any atom is -0.497 e. The van der Waals surface area contributed by atoms with Gasteiger partial charge in [0.1, 0.15) is 5.75 Å². The van der Waals surface area contributed by atoms with E-state index >= 15 is 0 Å². The second-order valence-corrected chi connectivity index (χ2v) is 7.52. The first-order valence-corrected chi connectivity index (χ1v) is 8.33. The standard InChI is InChI=1S/C19H25N3O2/c1-18(2,3)16-11-14(21-22-16)12-20-17(23)19(9-10-19)13-5-7-15(24-4)8-6-13/h5-8,11H,9-10,12H2,1-4H3,(H,20,23)(H,21,22). The molecule has 1 aliphatic carbocycles. The maximum absolute atomic E-state index is 12.7. The maximum atomic E-state index is 12.7. The zero-order chi connectivity index (χ0) is 17.4. The summed E-state index contributed by atoms with van der Waals surface area (Å²) in [5.74, 6) is 0.890. The van der Waals surface area contributed by atoms with E-state index in [1.807, 2.05) is 30.3 Å². The van der Waals surface area contributed by atoms with Gasteiger partial charge >= 0.3 is 0 Å². The predicted molar refractivity (Wildman–Crippen MR) is 93.0 cm³/mol. The van der Waals surface area contributed by atoms with Crippen LogP contribution in [0.25, 0.3) is 0 Å². The molecule has 1 amide bonds. The van der Waals surface area contributed by atoms with Crippen molar-refractivity contribution >= 4 is 5.91 Å². The number of nitrogens with zero attached hydrogens (tertiary/aromatic N) is 1. The van der Waals surface area contributed by atoms with E-state index in [0.717, 1.165) is 35.5 Å². The molecule has 1 aromatic carbocycles. The zero-order valence-electron chi connectivity index (χ0n) is 14.8. The summed E-state index contributed by atoms with van der Waals surface area (Å²) in [6.07, 6.45) is 1.78. The molecule has 3 rings (SSSR count). The number of aromatic nitrogens is 2. The smallest absolute Gasteiger partial charge is 0.230 e. The fourth-order valence-corrected chi connectivity index (χ4v) is 2.86. The Labute approximate surface area is 142 Å². The summed E-state index contributed by atoms with van der Waals surface area (Å²) in [7, 11) is 1.64. The molecule has 0 aliphatic heterocycles. The number of nitrogens with one attached hydrogen (secondary N) is 2. The van der Waals surface area contributed by atoms with Crippen LogP contribution in [-0.4, -0.2) is 23.2 Å². The number of aromatic amines is 1. The molecule has 128 valence electrons. The van der Waals surface area contributed by atoms with Gasteiger partial charge in [0.15, 0.2) is 0 Å². The Kier molecular flexibility index (Phi) is 4.11. The lowest BCUT2D eigenvalue weighted by atomic mass is 9.92. The van der Waals surface area contributed by atoms with Gasteiger partial charge in [0.2, 0.25) is 5.91 Å². The van der Waals surface area contributed by atoms with Crippen molar-refractivity contribution in [2.75, 3.05) is 7.11 Å². The van der Waals surface area contributed by atoms with Crippen LogP contribution in [-0.2, 0) is 22.2 Å². The van der Waals surface area contributed by atoms with Crippen molar-refractivity contribution in [1.29, 1.82) is 0 Å². The van der Waals surface area contributed by atoms with Crippen LogP contribution < -0.4 is 10.1 Å². The van der Waals surface area contributed by atoms with Crippen LogP contribution in [0.2, 0.25) is 0 Å². The lowest BCUT2D eigenvalue weighted by molar-refractivity contribution is -0.123. The molecular formula is C19H25N3O2. The molecule has 0 unspecified atom stereocenters. The Morgan fingerprint density at radius 3 is 2.46 bits per heavy atom. The SMILES string of the molecule is COc1ccc(C2(C(=O)NCc3cc(C(C)(C)C)n[nH]3)CC2)cc1. The van der Waals surface area contributed by atoms with E-state index in [4.69, 9.17) is 4.74 Å². The Bertz CT molecular complexity index is 722. The summed E-state index contributed by atoms with van der Waals surface area (Å²) < 4.78 is 5.19. The highest BCUT2D eigenvalue weighted by Gasteiger charge is 2.51. The number of benzene rings is 1. The van der Waals surface area contributed by atoms with Crippen molar-refractivity contribution in [1.82, 2.24) is 15.5 Å². The third kappa shape index (κ3) is 3.16. The third-order valence-electron chi connectivity index (χ3n) is 4.67. The second kappa shape index (κ2) is 5.96. The Morgan fingerprint density at radius 1 is 1.29 bits per heavy atom. The summed E-state index contributed by atoms with van der Waals surface area (Å²) in [6.45, 7) is 6.83. The quantitative estimate of drug-likeness (QED) is 0.887. The van der Waals surface area contributed by atoms with Crippen LogP contribution in [0.1, 0.15) is 50.6 Å². The number of ether oxygens (including phenoxy) is 1. The first kappa shape index (κ1) is 16.6. The molecule has 0 radical (unpaired) electrons. The van der Waals surface area contributed by atoms with E-state index in [-0.39, 0.29) is 16.7 Å². The number of carbonyl (C=O) groups is 1. The minimum absolute atomic E-state index is 0.000428. The number of hydrogen-bond acceptors (Lipinski definition) is 3. The molecule has 0 bridgehead atoms. The van der Waals surface area contributed by atoms with E-state index in [1.54, 1.807) is 7.11 Å². The van der Waals surface area contributed by atoms with Crippen molar-refractivity contribution < 1.29 is 9.53 Å². The molecule has 24 heavy (non-hydrogen) atoms. The summed E-state index contributed by atoms with van der Waals surface area (Å²) in [5.41, 5.74) is 2.61. The molecule has 5 nitrogen and oxygen atoms in total. The summed E-state index contributed by atoms with van der Waals surface area (Å²) in [5, 5.41) is 10.4. The van der Waals surface area contributed by atoms with Crippen molar-refractivity contribution in [2.45, 2.75) is 51.0 Å². The number of amides is 1. The van der Waals surface area contributed by atoms with Crippen molar-refractivity contribution in [2.24, 2.45) is 0 Å². The number of carbonyl (C=O) groups excluding carboxylic acids is 1. The zero-order valence-corrected chi connectivity index (χ0v) is 14.8. The fourth-order valence-electron chi connectivity index (χ4n) is 2.86. The highest BCUT2D eigenvalue weighted by Crippen LogP contribution is 2.48. The average Bonchev–Trinajstić information content (AvgIpc) is 3.22. The number of hydrogen-bond donors (Lipinski definition) is 2. The first-order valence-electron chi connectivity index (χ1n) is 8.33. The van der Waals surface area contributed by atoms with Gasteiger partial charge in [-0.15, -0.1) is 0 Å². The predicted octanol–water partition coefficient (Wildman–Crippen LogP) is 3.06. The summed E-state index contributed by atoms with van der Waals surface area (Å²) >= 11 is 0. The van der Waals surface area contributed by atoms with Crippen LogP contribution in [0.4, 0.5) is 0 Å². The molecule has 1 heterocycles. The fraction of sp³-hybridized carbons (Fsp3) is 0.474. The van der Waals surface area contributed by atoms with Gasteiger partial charge in [-0.1, -0.05) is 32.9 Å². The van der Waals surface area contributed by atoms with E-state index in [9.17, 15) is 4.79 Å². The van der Waals surface area contributed by atoms with E-state index < -0.39 is 0 Å². The lowest BCUT2D eigenvalue weighted by Gasteiger charge is -2.16. The summed E-state index contributed by atoms with van der Waals surface area (Å²) in [6, 6.07) is 9.81. The van der Waals surface area contributed by atoms with E-state index in [0.29, 0.717) is 6.54 Å². The Morgan fingerprint density at radius 2 is 1.96 bits per heavy atom. The van der Waals surface area contributed by atoms with Crippen LogP contribution in [0.15, 0.2) is 30.3 Å². The van der Waals surface area contributed by atoms with Crippen molar-refractivity contribution in [3.63, 3.8) is 0 Å². The minimum atomic E-state index is -0.376. The van der Waals surface area contributed by atoms with Gasteiger partial charge in [-0.25, -0.2) is 0 Å². The first-order chi connectivity index (χ1) is 11.3.